The van der Waals surface area contributed by atoms with Crippen LogP contribution < -0.4 is 9.64 Å². The number of ether oxygens (including phenoxy) is 1. The number of carbonyl (C=O) groups excluding carboxylic acids is 1. The minimum atomic E-state index is 0.0718. The van der Waals surface area contributed by atoms with Gasteiger partial charge in [-0.3, -0.25) is 4.79 Å². The van der Waals surface area contributed by atoms with Crippen molar-refractivity contribution < 1.29 is 9.53 Å². The fourth-order valence-electron chi connectivity index (χ4n) is 4.67. The number of rotatable bonds is 7. The molecular formula is C28H29N3O2. The molecule has 4 aromatic rings. The number of fused-ring (bicyclic) bond motifs is 1. The largest absolute Gasteiger partial charge is 0.494 e. The second kappa shape index (κ2) is 9.10. The van der Waals surface area contributed by atoms with E-state index in [-0.39, 0.29) is 11.8 Å². The lowest BCUT2D eigenvalue weighted by atomic mass is 10.1. The summed E-state index contributed by atoms with van der Waals surface area (Å²) in [5, 5.41) is 0. The molecule has 0 saturated carbocycles. The summed E-state index contributed by atoms with van der Waals surface area (Å²) < 4.78 is 8.23. The molecule has 5 nitrogen and oxygen atoms in total. The molecule has 1 amide bonds. The Bertz CT molecular complexity index is 1280. The molecule has 0 aliphatic carbocycles. The Morgan fingerprint density at radius 3 is 2.55 bits per heavy atom. The van der Waals surface area contributed by atoms with E-state index in [0.29, 0.717) is 19.6 Å². The van der Waals surface area contributed by atoms with Crippen molar-refractivity contribution in [3.63, 3.8) is 0 Å². The van der Waals surface area contributed by atoms with Crippen LogP contribution >= 0.6 is 0 Å². The average Bonchev–Trinajstić information content (AvgIpc) is 3.39. The number of hydrogen-bond acceptors (Lipinski definition) is 3. The van der Waals surface area contributed by atoms with Crippen LogP contribution in [0.3, 0.4) is 0 Å². The van der Waals surface area contributed by atoms with Gasteiger partial charge in [-0.1, -0.05) is 48.0 Å². The number of amides is 1. The van der Waals surface area contributed by atoms with Gasteiger partial charge in [0.1, 0.15) is 11.6 Å². The zero-order chi connectivity index (χ0) is 22.8. The van der Waals surface area contributed by atoms with E-state index in [4.69, 9.17) is 9.72 Å². The number of imidazole rings is 1. The molecule has 1 aliphatic heterocycles. The molecule has 1 atom stereocenters. The molecule has 1 aliphatic rings. The van der Waals surface area contributed by atoms with Crippen molar-refractivity contribution in [3.8, 4) is 5.75 Å². The van der Waals surface area contributed by atoms with Crippen LogP contribution in [0.2, 0.25) is 0 Å². The van der Waals surface area contributed by atoms with E-state index in [1.54, 1.807) is 0 Å². The molecule has 1 saturated heterocycles. The second-order valence-electron chi connectivity index (χ2n) is 8.82. The predicted octanol–water partition coefficient (Wildman–Crippen LogP) is 5.64. The van der Waals surface area contributed by atoms with Crippen LogP contribution in [0.25, 0.3) is 11.0 Å². The fourth-order valence-corrected chi connectivity index (χ4v) is 4.67. The van der Waals surface area contributed by atoms with E-state index < -0.39 is 0 Å². The number of hydrogen-bond donors (Lipinski definition) is 0. The fraction of sp³-hybridized carbons (Fsp3) is 0.286. The Morgan fingerprint density at radius 1 is 0.970 bits per heavy atom. The average molecular weight is 440 g/mol. The standard InChI is InChI=1S/C28H29N3O2/c1-20-12-14-23(15-13-20)33-17-7-16-30-26-11-6-4-9-24(26)29-28(30)22-18-27(32)31(19-22)25-10-5-3-8-21(25)2/h3-6,8-15,22H,7,16-19H2,1-2H3/t22-/m0/s1. The Kier molecular flexibility index (Phi) is 5.86. The number of aromatic nitrogens is 2. The molecular weight excluding hydrogens is 410 g/mol. The van der Waals surface area contributed by atoms with Crippen LogP contribution in [-0.4, -0.2) is 28.6 Å². The number of nitrogens with zero attached hydrogens (tertiary/aromatic N) is 3. The van der Waals surface area contributed by atoms with Crippen molar-refractivity contribution in [3.05, 3.63) is 89.7 Å². The summed E-state index contributed by atoms with van der Waals surface area (Å²) in [6, 6.07) is 24.5. The van der Waals surface area contributed by atoms with Gasteiger partial charge in [-0.25, -0.2) is 4.98 Å². The lowest BCUT2D eigenvalue weighted by Crippen LogP contribution is -2.25. The maximum absolute atomic E-state index is 12.9. The minimum absolute atomic E-state index is 0.0718. The first-order valence-electron chi connectivity index (χ1n) is 11.6. The van der Waals surface area contributed by atoms with Gasteiger partial charge in [0.2, 0.25) is 5.91 Å². The van der Waals surface area contributed by atoms with Gasteiger partial charge in [-0.15, -0.1) is 0 Å². The van der Waals surface area contributed by atoms with Gasteiger partial charge in [0.05, 0.1) is 17.6 Å². The van der Waals surface area contributed by atoms with E-state index in [9.17, 15) is 4.79 Å². The number of anilines is 1. The number of aryl methyl sites for hydroxylation is 3. The van der Waals surface area contributed by atoms with Gasteiger partial charge < -0.3 is 14.2 Å². The summed E-state index contributed by atoms with van der Waals surface area (Å²) in [5.74, 6) is 2.13. The van der Waals surface area contributed by atoms with E-state index in [1.165, 1.54) is 5.56 Å². The summed E-state index contributed by atoms with van der Waals surface area (Å²) >= 11 is 0. The quantitative estimate of drug-likeness (QED) is 0.350. The molecule has 5 heteroatoms. The summed E-state index contributed by atoms with van der Waals surface area (Å²) in [5.41, 5.74) is 5.44. The van der Waals surface area contributed by atoms with Gasteiger partial charge in [-0.2, -0.15) is 0 Å². The van der Waals surface area contributed by atoms with Crippen molar-refractivity contribution in [1.29, 1.82) is 0 Å². The van der Waals surface area contributed by atoms with Crippen molar-refractivity contribution in [2.24, 2.45) is 0 Å². The second-order valence-corrected chi connectivity index (χ2v) is 8.82. The van der Waals surface area contributed by atoms with E-state index in [0.717, 1.165) is 46.8 Å². The zero-order valence-corrected chi connectivity index (χ0v) is 19.2. The van der Waals surface area contributed by atoms with Crippen LogP contribution in [-0.2, 0) is 11.3 Å². The van der Waals surface area contributed by atoms with Gasteiger partial charge >= 0.3 is 0 Å². The number of benzene rings is 3. The van der Waals surface area contributed by atoms with Crippen LogP contribution in [0.1, 0.15) is 35.7 Å². The molecule has 0 radical (unpaired) electrons. The summed E-state index contributed by atoms with van der Waals surface area (Å²) in [4.78, 5) is 19.8. The van der Waals surface area contributed by atoms with E-state index >= 15 is 0 Å². The van der Waals surface area contributed by atoms with Gasteiger partial charge in [0.25, 0.3) is 0 Å². The topological polar surface area (TPSA) is 47.4 Å². The maximum Gasteiger partial charge on any atom is 0.227 e. The van der Waals surface area contributed by atoms with Crippen LogP contribution in [0.15, 0.2) is 72.8 Å². The lowest BCUT2D eigenvalue weighted by molar-refractivity contribution is -0.117. The monoisotopic (exact) mass is 439 g/mol. The van der Waals surface area contributed by atoms with Crippen molar-refractivity contribution in [2.45, 2.75) is 39.2 Å². The van der Waals surface area contributed by atoms with Gasteiger partial charge in [0.15, 0.2) is 0 Å². The summed E-state index contributed by atoms with van der Waals surface area (Å²) in [6.07, 6.45) is 1.35. The third-order valence-electron chi connectivity index (χ3n) is 6.40. The first-order valence-corrected chi connectivity index (χ1v) is 11.6. The van der Waals surface area contributed by atoms with Crippen LogP contribution in [0, 0.1) is 13.8 Å². The van der Waals surface area contributed by atoms with Crippen LogP contribution in [0.5, 0.6) is 5.75 Å². The molecule has 0 N–H and O–H groups in total. The molecule has 0 unspecified atom stereocenters. The van der Waals surface area contributed by atoms with Crippen molar-refractivity contribution >= 4 is 22.6 Å². The molecule has 33 heavy (non-hydrogen) atoms. The van der Waals surface area contributed by atoms with E-state index in [2.05, 4.69) is 42.7 Å². The lowest BCUT2D eigenvalue weighted by Gasteiger charge is -2.19. The highest BCUT2D eigenvalue weighted by Gasteiger charge is 2.35. The molecule has 1 aromatic heterocycles. The third kappa shape index (κ3) is 4.36. The third-order valence-corrected chi connectivity index (χ3v) is 6.40. The highest BCUT2D eigenvalue weighted by molar-refractivity contribution is 5.97. The molecule has 168 valence electrons. The first-order chi connectivity index (χ1) is 16.1. The minimum Gasteiger partial charge on any atom is -0.494 e. The molecule has 0 spiro atoms. The highest BCUT2D eigenvalue weighted by atomic mass is 16.5. The van der Waals surface area contributed by atoms with E-state index in [1.807, 2.05) is 53.4 Å². The molecule has 1 fully saturated rings. The summed E-state index contributed by atoms with van der Waals surface area (Å²) in [6.45, 7) is 6.22. The van der Waals surface area contributed by atoms with Crippen molar-refractivity contribution in [2.75, 3.05) is 18.1 Å². The maximum atomic E-state index is 12.9. The van der Waals surface area contributed by atoms with Crippen molar-refractivity contribution in [1.82, 2.24) is 9.55 Å². The number of carbonyl (C=O) groups is 1. The molecule has 0 bridgehead atoms. The van der Waals surface area contributed by atoms with Gasteiger partial charge in [-0.05, 0) is 56.2 Å². The van der Waals surface area contributed by atoms with Crippen LogP contribution in [0.4, 0.5) is 5.69 Å². The SMILES string of the molecule is Cc1ccc(OCCCn2c([C@H]3CC(=O)N(c4ccccc4C)C3)nc3ccccc32)cc1. The zero-order valence-electron chi connectivity index (χ0n) is 19.2. The summed E-state index contributed by atoms with van der Waals surface area (Å²) in [7, 11) is 0. The predicted molar refractivity (Wildman–Crippen MR) is 132 cm³/mol. The Morgan fingerprint density at radius 2 is 1.73 bits per heavy atom. The molecule has 2 heterocycles. The first kappa shape index (κ1) is 21.3. The molecule has 3 aromatic carbocycles. The normalized spacial score (nSPS) is 16.0. The smallest absolute Gasteiger partial charge is 0.227 e. The Balaban J connectivity index is 1.35. The Hall–Kier alpha value is -3.60. The van der Waals surface area contributed by atoms with Gasteiger partial charge in [0, 0.05) is 31.1 Å². The highest BCUT2D eigenvalue weighted by Crippen LogP contribution is 2.34. The Labute approximate surface area is 194 Å². The number of para-hydroxylation sites is 3. The molecule has 5 rings (SSSR count).